The van der Waals surface area contributed by atoms with Gasteiger partial charge in [0.05, 0.1) is 10.6 Å². The van der Waals surface area contributed by atoms with Gasteiger partial charge in [0, 0.05) is 23.8 Å². The molecule has 0 saturated carbocycles. The summed E-state index contributed by atoms with van der Waals surface area (Å²) in [6.45, 7) is 1.67. The summed E-state index contributed by atoms with van der Waals surface area (Å²) in [6, 6.07) is 8.99. The van der Waals surface area contributed by atoms with E-state index in [0.717, 1.165) is 18.5 Å². The van der Waals surface area contributed by atoms with Gasteiger partial charge in [-0.05, 0) is 49.9 Å². The normalized spacial score (nSPS) is 29.4. The molecule has 3 rings (SSSR count). The standard InChI is InChI=1S/C15H22N2O2S/c1-2-20(18,19)15-7-5-11(6-8-15)16-14-9-12-3-4-13(10-14)17-12/h5-8,12-14,16-17H,2-4,9-10H2,1H3. The van der Waals surface area contributed by atoms with Crippen LogP contribution in [0.5, 0.6) is 0 Å². The molecule has 0 radical (unpaired) electrons. The monoisotopic (exact) mass is 294 g/mol. The first kappa shape index (κ1) is 13.9. The zero-order chi connectivity index (χ0) is 14.2. The molecule has 2 fully saturated rings. The van der Waals surface area contributed by atoms with Crippen LogP contribution in [0.3, 0.4) is 0 Å². The number of rotatable bonds is 4. The molecule has 2 bridgehead atoms. The molecule has 0 amide bonds. The van der Waals surface area contributed by atoms with E-state index in [1.54, 1.807) is 19.1 Å². The summed E-state index contributed by atoms with van der Waals surface area (Å²) in [5.41, 5.74) is 1.02. The number of hydrogen-bond acceptors (Lipinski definition) is 4. The zero-order valence-electron chi connectivity index (χ0n) is 11.8. The number of sulfone groups is 1. The van der Waals surface area contributed by atoms with Gasteiger partial charge in [-0.3, -0.25) is 0 Å². The van der Waals surface area contributed by atoms with Crippen molar-refractivity contribution < 1.29 is 8.42 Å². The third kappa shape index (κ3) is 2.83. The summed E-state index contributed by atoms with van der Waals surface area (Å²) in [7, 11) is -3.09. The lowest BCUT2D eigenvalue weighted by molar-refractivity contribution is 0.378. The Labute approximate surface area is 120 Å². The fourth-order valence-electron chi connectivity index (χ4n) is 3.34. The van der Waals surface area contributed by atoms with Crippen LogP contribution < -0.4 is 10.6 Å². The first-order valence-corrected chi connectivity index (χ1v) is 9.07. The number of piperidine rings is 1. The number of nitrogens with one attached hydrogen (secondary N) is 2. The maximum Gasteiger partial charge on any atom is 0.178 e. The summed E-state index contributed by atoms with van der Waals surface area (Å²) >= 11 is 0. The lowest BCUT2D eigenvalue weighted by Crippen LogP contribution is -2.43. The average molecular weight is 294 g/mol. The van der Waals surface area contributed by atoms with Crippen LogP contribution in [-0.4, -0.2) is 32.3 Å². The lowest BCUT2D eigenvalue weighted by Gasteiger charge is -2.30. The first-order valence-electron chi connectivity index (χ1n) is 7.42. The molecule has 5 heteroatoms. The van der Waals surface area contributed by atoms with Crippen LogP contribution in [0.1, 0.15) is 32.6 Å². The van der Waals surface area contributed by atoms with E-state index in [-0.39, 0.29) is 5.75 Å². The Morgan fingerprint density at radius 1 is 1.15 bits per heavy atom. The summed E-state index contributed by atoms with van der Waals surface area (Å²) in [5.74, 6) is 0.150. The zero-order valence-corrected chi connectivity index (χ0v) is 12.6. The molecule has 2 saturated heterocycles. The fraction of sp³-hybridized carbons (Fsp3) is 0.600. The third-order valence-electron chi connectivity index (χ3n) is 4.44. The van der Waals surface area contributed by atoms with Gasteiger partial charge in [0.2, 0.25) is 0 Å². The van der Waals surface area contributed by atoms with E-state index in [1.807, 2.05) is 12.1 Å². The summed E-state index contributed by atoms with van der Waals surface area (Å²) in [5, 5.41) is 7.17. The van der Waals surface area contributed by atoms with E-state index in [1.165, 1.54) is 12.8 Å². The van der Waals surface area contributed by atoms with Crippen LogP contribution in [0.25, 0.3) is 0 Å². The second-order valence-electron chi connectivity index (χ2n) is 5.88. The molecule has 2 heterocycles. The Balaban J connectivity index is 1.67. The van der Waals surface area contributed by atoms with Crippen molar-refractivity contribution in [1.82, 2.24) is 5.32 Å². The van der Waals surface area contributed by atoms with Crippen LogP contribution in [0.2, 0.25) is 0 Å². The molecule has 2 atom stereocenters. The molecular weight excluding hydrogens is 272 g/mol. The largest absolute Gasteiger partial charge is 0.382 e. The minimum atomic E-state index is -3.09. The van der Waals surface area contributed by atoms with Crippen LogP contribution in [-0.2, 0) is 9.84 Å². The summed E-state index contributed by atoms with van der Waals surface area (Å²) < 4.78 is 23.5. The molecule has 0 aliphatic carbocycles. The van der Waals surface area contributed by atoms with Crippen LogP contribution >= 0.6 is 0 Å². The van der Waals surface area contributed by atoms with E-state index in [4.69, 9.17) is 0 Å². The fourth-order valence-corrected chi connectivity index (χ4v) is 4.22. The predicted molar refractivity (Wildman–Crippen MR) is 80.8 cm³/mol. The molecule has 2 N–H and O–H groups in total. The highest BCUT2D eigenvalue weighted by atomic mass is 32.2. The van der Waals surface area contributed by atoms with Crippen molar-refractivity contribution in [3.63, 3.8) is 0 Å². The highest BCUT2D eigenvalue weighted by Crippen LogP contribution is 2.29. The van der Waals surface area contributed by atoms with Crippen LogP contribution in [0, 0.1) is 0 Å². The Morgan fingerprint density at radius 2 is 1.75 bits per heavy atom. The smallest absolute Gasteiger partial charge is 0.178 e. The second-order valence-corrected chi connectivity index (χ2v) is 8.16. The SMILES string of the molecule is CCS(=O)(=O)c1ccc(NC2CC3CCC(C2)N3)cc1. The average Bonchev–Trinajstić information content (AvgIpc) is 2.78. The summed E-state index contributed by atoms with van der Waals surface area (Å²) in [6.07, 6.45) is 4.89. The van der Waals surface area contributed by atoms with Crippen molar-refractivity contribution in [3.05, 3.63) is 24.3 Å². The molecular formula is C15H22N2O2S. The third-order valence-corrected chi connectivity index (χ3v) is 6.19. The van der Waals surface area contributed by atoms with Crippen LogP contribution in [0.4, 0.5) is 5.69 Å². The van der Waals surface area contributed by atoms with Gasteiger partial charge in [0.15, 0.2) is 9.84 Å². The Kier molecular flexibility index (Phi) is 3.73. The molecule has 1 aromatic rings. The summed E-state index contributed by atoms with van der Waals surface area (Å²) in [4.78, 5) is 0.413. The first-order chi connectivity index (χ1) is 9.56. The highest BCUT2D eigenvalue weighted by Gasteiger charge is 2.33. The maximum atomic E-state index is 11.8. The quantitative estimate of drug-likeness (QED) is 0.893. The van der Waals surface area contributed by atoms with E-state index >= 15 is 0 Å². The molecule has 1 aromatic carbocycles. The van der Waals surface area contributed by atoms with Crippen molar-refractivity contribution in [3.8, 4) is 0 Å². The second kappa shape index (κ2) is 5.37. The lowest BCUT2D eigenvalue weighted by atomic mass is 9.99. The Morgan fingerprint density at radius 3 is 2.30 bits per heavy atom. The van der Waals surface area contributed by atoms with E-state index < -0.39 is 9.84 Å². The van der Waals surface area contributed by atoms with Crippen molar-refractivity contribution in [2.45, 2.75) is 55.6 Å². The molecule has 110 valence electrons. The van der Waals surface area contributed by atoms with Crippen molar-refractivity contribution in [2.75, 3.05) is 11.1 Å². The van der Waals surface area contributed by atoms with Gasteiger partial charge in [-0.1, -0.05) is 6.92 Å². The Bertz CT molecular complexity index is 556. The minimum absolute atomic E-state index is 0.150. The van der Waals surface area contributed by atoms with Crippen molar-refractivity contribution in [2.24, 2.45) is 0 Å². The highest BCUT2D eigenvalue weighted by molar-refractivity contribution is 7.91. The van der Waals surface area contributed by atoms with Crippen LogP contribution in [0.15, 0.2) is 29.2 Å². The van der Waals surface area contributed by atoms with Gasteiger partial charge in [-0.2, -0.15) is 0 Å². The number of hydrogen-bond donors (Lipinski definition) is 2. The number of benzene rings is 1. The number of anilines is 1. The minimum Gasteiger partial charge on any atom is -0.382 e. The van der Waals surface area contributed by atoms with E-state index in [9.17, 15) is 8.42 Å². The maximum absolute atomic E-state index is 11.8. The molecule has 0 spiro atoms. The van der Waals surface area contributed by atoms with Gasteiger partial charge >= 0.3 is 0 Å². The van der Waals surface area contributed by atoms with E-state index in [2.05, 4.69) is 10.6 Å². The topological polar surface area (TPSA) is 58.2 Å². The van der Waals surface area contributed by atoms with Gasteiger partial charge < -0.3 is 10.6 Å². The van der Waals surface area contributed by atoms with Gasteiger partial charge in [0.1, 0.15) is 0 Å². The molecule has 4 nitrogen and oxygen atoms in total. The number of fused-ring (bicyclic) bond motifs is 2. The molecule has 2 aliphatic rings. The van der Waals surface area contributed by atoms with Crippen molar-refractivity contribution in [1.29, 1.82) is 0 Å². The molecule has 20 heavy (non-hydrogen) atoms. The van der Waals surface area contributed by atoms with Gasteiger partial charge in [0.25, 0.3) is 0 Å². The predicted octanol–water partition coefficient (Wildman–Crippen LogP) is 2.18. The van der Waals surface area contributed by atoms with Gasteiger partial charge in [-0.15, -0.1) is 0 Å². The van der Waals surface area contributed by atoms with Crippen molar-refractivity contribution >= 4 is 15.5 Å². The van der Waals surface area contributed by atoms with Gasteiger partial charge in [-0.25, -0.2) is 8.42 Å². The molecule has 0 aromatic heterocycles. The molecule has 2 aliphatic heterocycles. The molecule has 2 unspecified atom stereocenters. The van der Waals surface area contributed by atoms with E-state index in [0.29, 0.717) is 23.0 Å². The Hall–Kier alpha value is -1.07.